The first-order valence-corrected chi connectivity index (χ1v) is 46.5. The Kier molecular flexibility index (Phi) is 36.7. The monoisotopic (exact) mass is 1880 g/mol. The van der Waals surface area contributed by atoms with Gasteiger partial charge in [0, 0.05) is 112 Å². The van der Waals surface area contributed by atoms with E-state index in [1.54, 1.807) is 55.1 Å². The molecular formula is C99H110Cl3F3N20O7S. The van der Waals surface area contributed by atoms with Gasteiger partial charge in [0.15, 0.2) is 46.4 Å². The third-order valence-corrected chi connectivity index (χ3v) is 27.0. The Labute approximate surface area is 787 Å². The van der Waals surface area contributed by atoms with Gasteiger partial charge in [0.1, 0.15) is 24.5 Å². The molecule has 34 heteroatoms. The van der Waals surface area contributed by atoms with Crippen molar-refractivity contribution < 1.29 is 45.4 Å². The SMILES string of the molecule is C.C.C.Cc1ccc(S(=O)(=O)n2cc(-c3ncc(F)c(C[C@H]4CCC[C@@H](C#N)C4)n3)c3cc(Cl)cnc32)cc1.Fc1cnc(-c2c[nH]c3ncc(Cl)cc23)nc1C[C@H]1CCC[C@@H](c2nn[nH]n2)C1.N#C[C@@H]1CCC[C@H](CC(=O)OCc2ccccc2)C1.N#C[C@@H]1CCC[C@H](Cc2nc(-c3c[nH]c4ncc(Cl)cc34)ncc2F)C1.NC(=O)[C@@H]1CCC[C@H](CC(=O)OCc2ccccc2)C1. The molecule has 10 heterocycles. The second-order valence-corrected chi connectivity index (χ2v) is 37.3. The van der Waals surface area contributed by atoms with Gasteiger partial charge in [-0.2, -0.15) is 21.0 Å². The average molecular weight is 1890 g/mol. The number of nitrogens with zero attached hydrogens (tertiary/aromatic N) is 16. The van der Waals surface area contributed by atoms with Crippen LogP contribution in [0.25, 0.3) is 67.3 Å². The predicted molar refractivity (Wildman–Crippen MR) is 503 cm³/mol. The van der Waals surface area contributed by atoms with E-state index in [1.807, 2.05) is 67.6 Å². The van der Waals surface area contributed by atoms with Gasteiger partial charge in [0.2, 0.25) is 5.91 Å². The number of nitrogens with two attached hydrogens (primary N) is 1. The topological polar surface area (TPSA) is 408 Å². The number of carbonyl (C=O) groups excluding carboxylic acids is 3. The number of fused-ring (bicyclic) bond motifs is 3. The Morgan fingerprint density at radius 2 is 0.917 bits per heavy atom. The van der Waals surface area contributed by atoms with Gasteiger partial charge in [-0.05, 0) is 187 Å². The summed E-state index contributed by atoms with van der Waals surface area (Å²) in [6.45, 7) is 2.53. The molecule has 5 fully saturated rings. The number of carbonyl (C=O) groups is 3. The van der Waals surface area contributed by atoms with Gasteiger partial charge in [-0.25, -0.2) is 70.4 Å². The fourth-order valence-corrected chi connectivity index (χ4v) is 19.8. The van der Waals surface area contributed by atoms with E-state index in [9.17, 15) is 41.2 Å². The molecule has 13 aromatic rings. The lowest BCUT2D eigenvalue weighted by Gasteiger charge is -2.27. The predicted octanol–water partition coefficient (Wildman–Crippen LogP) is 22.0. The van der Waals surface area contributed by atoms with Crippen molar-refractivity contribution in [3.63, 3.8) is 0 Å². The van der Waals surface area contributed by atoms with E-state index in [0.717, 1.165) is 177 Å². The highest BCUT2D eigenvalue weighted by molar-refractivity contribution is 7.90. The highest BCUT2D eigenvalue weighted by Gasteiger charge is 2.33. The first-order valence-electron chi connectivity index (χ1n) is 43.9. The molecule has 10 atom stereocenters. The summed E-state index contributed by atoms with van der Waals surface area (Å²) in [4.78, 5) is 79.9. The third-order valence-electron chi connectivity index (χ3n) is 24.8. The van der Waals surface area contributed by atoms with Gasteiger partial charge < -0.3 is 25.2 Å². The standard InChI is InChI=1S/C26H23ClFN5O2S.C19H18ClFN8.C19H17ClFN5.C16H21NO3.C16H19NO2.3CH4/c1-16-5-7-20(8-6-16)36(34,35)33-15-22(21-11-19(27)13-31-26(21)33)25-30-14-23(28)24(32-25)10-17-3-2-4-18(9-17)12-29;20-12-6-13-14(8-23-18(13)22-7-12)19-24-9-15(21)16(25-19)5-10-2-1-3-11(4-10)17-26-28-29-27-17;20-13-6-14-15(9-24-18(14)23-8-13)19-25-10-16(21)17(26-19)5-11-2-1-3-12(4-11)7-22;17-16(19)14-8-4-7-13(9-14)10-15(18)20-11-12-5-2-1-3-6-12;17-11-15-8-4-7-14(9-15)10-16(18)19-12-13-5-2-1-3-6-13;;;/h5-8,11,13-15,17-18H,2-4,9-10H2,1H3;6-11H,1-5H2,(H,22,23)(H,26,27,28,29);6,8-12H,1-5H2,(H,23,24);1-3,5-6,13-14H,4,7-11H2,(H2,17,19);1-3,5-6,14-15H,4,7-10,12H2;3*1H4/t17-,18+;10-,11+;11-,12+;13-,14+;14-,15+;;;/m00000.../s1. The molecule has 0 aliphatic heterocycles. The van der Waals surface area contributed by atoms with Crippen LogP contribution in [0.4, 0.5) is 13.2 Å². The highest BCUT2D eigenvalue weighted by atomic mass is 35.5. The number of nitrogens with one attached hydrogen (secondary N) is 3. The lowest BCUT2D eigenvalue weighted by atomic mass is 9.79. The van der Waals surface area contributed by atoms with E-state index in [-0.39, 0.29) is 115 Å². The number of primary amides is 1. The van der Waals surface area contributed by atoms with E-state index in [0.29, 0.717) is 124 Å². The Morgan fingerprint density at radius 1 is 0.504 bits per heavy atom. The molecule has 5 aliphatic carbocycles. The molecule has 0 radical (unpaired) electrons. The minimum atomic E-state index is -3.98. The maximum absolute atomic E-state index is 14.7. The molecular weight excluding hydrogens is 1780 g/mol. The zero-order valence-electron chi connectivity index (χ0n) is 71.6. The van der Waals surface area contributed by atoms with Crippen LogP contribution >= 0.6 is 34.8 Å². The second-order valence-electron chi connectivity index (χ2n) is 34.2. The summed E-state index contributed by atoms with van der Waals surface area (Å²) < 4.78 is 82.1. The van der Waals surface area contributed by atoms with Gasteiger partial charge in [0.05, 0.1) is 73.8 Å². The van der Waals surface area contributed by atoms with Gasteiger partial charge in [-0.1, -0.05) is 179 Å². The number of pyridine rings is 3. The average Bonchev–Trinajstić information content (AvgIpc) is 1.59. The van der Waals surface area contributed by atoms with Gasteiger partial charge >= 0.3 is 11.9 Å². The Bertz CT molecular complexity index is 6340. The summed E-state index contributed by atoms with van der Waals surface area (Å²) in [6.07, 6.45) is 33.9. The second kappa shape index (κ2) is 48.3. The number of esters is 2. The molecule has 1 amide bonds. The fraction of sp³-hybridized carbons (Fsp3) is 0.414. The van der Waals surface area contributed by atoms with E-state index in [4.69, 9.17) is 60.5 Å². The zero-order chi connectivity index (χ0) is 91.2. The Morgan fingerprint density at radius 3 is 1.37 bits per heavy atom. The number of nitriles is 3. The van der Waals surface area contributed by atoms with Crippen LogP contribution in [-0.2, 0) is 66.4 Å². The number of tetrazole rings is 1. The molecule has 10 aromatic heterocycles. The minimum Gasteiger partial charge on any atom is -0.461 e. The van der Waals surface area contributed by atoms with Crippen molar-refractivity contribution in [1.82, 2.24) is 79.4 Å². The summed E-state index contributed by atoms with van der Waals surface area (Å²) in [7, 11) is -3.98. The van der Waals surface area contributed by atoms with Crippen LogP contribution < -0.4 is 5.73 Å². The van der Waals surface area contributed by atoms with Gasteiger partial charge in [-0.15, -0.1) is 10.2 Å². The molecule has 5 saturated carbocycles. The van der Waals surface area contributed by atoms with Crippen molar-refractivity contribution in [2.24, 2.45) is 59.0 Å². The van der Waals surface area contributed by atoms with E-state index in [2.05, 4.69) is 93.7 Å². The summed E-state index contributed by atoms with van der Waals surface area (Å²) in [5, 5.41) is 45.2. The van der Waals surface area contributed by atoms with Crippen molar-refractivity contribution in [3.8, 4) is 52.4 Å². The minimum absolute atomic E-state index is 0. The highest BCUT2D eigenvalue weighted by Crippen LogP contribution is 2.41. The number of amides is 1. The first kappa shape index (κ1) is 101. The number of H-pyrrole nitrogens is 3. The number of hydrogen-bond acceptors (Lipinski definition) is 22. The number of rotatable bonds is 21. The largest absolute Gasteiger partial charge is 0.461 e. The number of aromatic amines is 3. The lowest BCUT2D eigenvalue weighted by molar-refractivity contribution is -0.147. The number of aromatic nitrogens is 16. The molecule has 5 aliphatic rings. The summed E-state index contributed by atoms with van der Waals surface area (Å²) in [5.74, 6) is 1.59. The number of aryl methyl sites for hydroxylation is 1. The summed E-state index contributed by atoms with van der Waals surface area (Å²) >= 11 is 18.3. The number of halogens is 6. The first-order chi connectivity index (χ1) is 63.0. The molecule has 133 heavy (non-hydrogen) atoms. The molecule has 0 spiro atoms. The Balaban J connectivity index is 0.000000162. The third kappa shape index (κ3) is 27.2. The number of benzene rings is 3. The smallest absolute Gasteiger partial charge is 0.306 e. The van der Waals surface area contributed by atoms with Crippen LogP contribution in [0.3, 0.4) is 0 Å². The van der Waals surface area contributed by atoms with Crippen molar-refractivity contribution in [1.29, 1.82) is 15.8 Å². The quantitative estimate of drug-likeness (QED) is 0.0485. The molecule has 696 valence electrons. The molecule has 0 unspecified atom stereocenters. The maximum atomic E-state index is 14.7. The normalized spacial score (nSPS) is 19.7. The zero-order valence-corrected chi connectivity index (χ0v) is 74.7. The van der Waals surface area contributed by atoms with Gasteiger partial charge in [-0.3, -0.25) is 14.4 Å². The van der Waals surface area contributed by atoms with Crippen LogP contribution in [0.2, 0.25) is 15.1 Å². The van der Waals surface area contributed by atoms with Crippen LogP contribution in [-0.4, -0.2) is 106 Å². The molecule has 5 N–H and O–H groups in total. The summed E-state index contributed by atoms with van der Waals surface area (Å²) in [6, 6.07) is 38.0. The van der Waals surface area contributed by atoms with E-state index < -0.39 is 21.7 Å². The molecule has 0 bridgehead atoms. The van der Waals surface area contributed by atoms with E-state index in [1.165, 1.54) is 36.9 Å². The van der Waals surface area contributed by atoms with Crippen molar-refractivity contribution in [3.05, 3.63) is 231 Å². The van der Waals surface area contributed by atoms with Crippen molar-refractivity contribution in [2.45, 2.75) is 214 Å². The summed E-state index contributed by atoms with van der Waals surface area (Å²) in [5.41, 5.74) is 12.8. The molecule has 0 saturated heterocycles. The molecule has 3 aromatic carbocycles. The number of hydrogen-bond donors (Lipinski definition) is 4. The van der Waals surface area contributed by atoms with Crippen LogP contribution in [0.1, 0.15) is 209 Å². The van der Waals surface area contributed by atoms with Gasteiger partial charge in [0.25, 0.3) is 10.0 Å². The van der Waals surface area contributed by atoms with Crippen molar-refractivity contribution in [2.75, 3.05) is 0 Å². The lowest BCUT2D eigenvalue weighted by Crippen LogP contribution is -2.29. The Hall–Kier alpha value is -12.5. The van der Waals surface area contributed by atoms with Crippen LogP contribution in [0.5, 0.6) is 0 Å². The molecule has 18 rings (SSSR count). The number of ether oxygens (including phenoxy) is 2. The van der Waals surface area contributed by atoms with Crippen LogP contribution in [0, 0.1) is 112 Å². The van der Waals surface area contributed by atoms with Crippen LogP contribution in [0.15, 0.2) is 164 Å². The fourth-order valence-electron chi connectivity index (χ4n) is 18.0. The molecule has 27 nitrogen and oxygen atoms in total. The maximum Gasteiger partial charge on any atom is 0.306 e. The van der Waals surface area contributed by atoms with E-state index >= 15 is 0 Å². The van der Waals surface area contributed by atoms with Crippen molar-refractivity contribution >= 4 is 95.8 Å².